The Morgan fingerprint density at radius 1 is 0.714 bits per heavy atom. The number of fused-ring (bicyclic) bond motifs is 4. The summed E-state index contributed by atoms with van der Waals surface area (Å²) in [5.41, 5.74) is 9.85. The number of terminal acetylenes is 1. The van der Waals surface area contributed by atoms with Crippen molar-refractivity contribution in [3.05, 3.63) is 120 Å². The molecule has 0 unspecified atom stereocenters. The molecule has 0 spiro atoms. The van der Waals surface area contributed by atoms with Crippen molar-refractivity contribution in [2.75, 3.05) is 0 Å². The smallest absolute Gasteiger partial charge is 0.0841 e. The topological polar surface area (TPSA) is 4.93 Å². The Hall–Kier alpha value is -4.02. The summed E-state index contributed by atoms with van der Waals surface area (Å²) in [5.74, 6) is 2.94. The van der Waals surface area contributed by atoms with Crippen LogP contribution in [-0.4, -0.2) is 4.57 Å². The van der Waals surface area contributed by atoms with E-state index in [1.807, 2.05) is 0 Å². The van der Waals surface area contributed by atoms with Gasteiger partial charge in [-0.15, -0.1) is 6.42 Å². The highest BCUT2D eigenvalue weighted by molar-refractivity contribution is 5.98. The molecule has 1 aromatic heterocycles. The first-order valence-corrected chi connectivity index (χ1v) is 12.3. The molecule has 35 heavy (non-hydrogen) atoms. The normalized spacial score (nSPS) is 13.9. The summed E-state index contributed by atoms with van der Waals surface area (Å²) in [5, 5.41) is 1.27. The molecular weight excluding hydrogens is 422 g/mol. The van der Waals surface area contributed by atoms with Crippen LogP contribution in [-0.2, 0) is 12.0 Å². The molecule has 0 aliphatic heterocycles. The Balaban J connectivity index is 1.90. The number of nitrogens with zero attached hydrogens (tertiary/aromatic N) is 1. The van der Waals surface area contributed by atoms with Gasteiger partial charge in [-0.2, -0.15) is 0 Å². The van der Waals surface area contributed by atoms with E-state index in [9.17, 15) is 0 Å². The lowest BCUT2D eigenvalue weighted by atomic mass is 9.57. The van der Waals surface area contributed by atoms with Crippen molar-refractivity contribution in [1.82, 2.24) is 4.57 Å². The summed E-state index contributed by atoms with van der Waals surface area (Å²) < 4.78 is 2.34. The zero-order valence-electron chi connectivity index (χ0n) is 20.5. The first kappa shape index (κ1) is 21.5. The third-order valence-electron chi connectivity index (χ3n) is 7.72. The minimum Gasteiger partial charge on any atom is -0.328 e. The van der Waals surface area contributed by atoms with Crippen LogP contribution in [0.15, 0.2) is 103 Å². The maximum absolute atomic E-state index is 5.96. The standard InChI is InChI=1S/C34H29N/c1-5-23-35-30-22-14-11-19-27(30)31(32(35)24-15-7-6-8-16-24)34(33(2,3)4)28-20-12-9-17-25(28)26-18-10-13-21-29(26)34/h1,6-22H,23H2,2-4H3. The van der Waals surface area contributed by atoms with Crippen LogP contribution in [0.5, 0.6) is 0 Å². The summed E-state index contributed by atoms with van der Waals surface area (Å²) >= 11 is 0. The molecule has 0 fully saturated rings. The van der Waals surface area contributed by atoms with Gasteiger partial charge in [0.25, 0.3) is 0 Å². The monoisotopic (exact) mass is 451 g/mol. The van der Waals surface area contributed by atoms with Gasteiger partial charge in [0.2, 0.25) is 0 Å². The van der Waals surface area contributed by atoms with Gasteiger partial charge in [-0.05, 0) is 39.3 Å². The Kier molecular flexibility index (Phi) is 4.77. The quantitative estimate of drug-likeness (QED) is 0.243. The highest BCUT2D eigenvalue weighted by Crippen LogP contribution is 2.63. The molecule has 1 heterocycles. The highest BCUT2D eigenvalue weighted by atomic mass is 15.0. The molecule has 1 aliphatic carbocycles. The minimum absolute atomic E-state index is 0.121. The van der Waals surface area contributed by atoms with Crippen molar-refractivity contribution < 1.29 is 0 Å². The van der Waals surface area contributed by atoms with E-state index in [1.54, 1.807) is 0 Å². The molecule has 4 aromatic carbocycles. The van der Waals surface area contributed by atoms with E-state index in [4.69, 9.17) is 6.42 Å². The third kappa shape index (κ3) is 2.84. The van der Waals surface area contributed by atoms with Gasteiger partial charge in [-0.3, -0.25) is 0 Å². The van der Waals surface area contributed by atoms with Crippen molar-refractivity contribution in [2.45, 2.75) is 32.7 Å². The lowest BCUT2D eigenvalue weighted by Crippen LogP contribution is -2.41. The number of rotatable bonds is 3. The van der Waals surface area contributed by atoms with Gasteiger partial charge in [-0.25, -0.2) is 0 Å². The van der Waals surface area contributed by atoms with Crippen LogP contribution >= 0.6 is 0 Å². The molecular formula is C34H29N. The first-order chi connectivity index (χ1) is 17.0. The van der Waals surface area contributed by atoms with E-state index < -0.39 is 0 Å². The number of hydrogen-bond donors (Lipinski definition) is 0. The summed E-state index contributed by atoms with van der Waals surface area (Å²) in [6.45, 7) is 7.67. The van der Waals surface area contributed by atoms with Gasteiger partial charge in [0, 0.05) is 16.5 Å². The summed E-state index contributed by atoms with van der Waals surface area (Å²) in [7, 11) is 0. The molecule has 170 valence electrons. The molecule has 6 rings (SSSR count). The van der Waals surface area contributed by atoms with Crippen LogP contribution in [0.3, 0.4) is 0 Å². The van der Waals surface area contributed by atoms with E-state index in [-0.39, 0.29) is 10.8 Å². The van der Waals surface area contributed by atoms with E-state index in [2.05, 4.69) is 134 Å². The SMILES string of the molecule is C#CCn1c(-c2ccccc2)c(C2(C(C)(C)C)c3ccccc3-c3ccccc32)c2ccccc21. The maximum atomic E-state index is 5.96. The van der Waals surface area contributed by atoms with E-state index in [0.29, 0.717) is 6.54 Å². The van der Waals surface area contributed by atoms with E-state index in [1.165, 1.54) is 50.0 Å². The zero-order valence-corrected chi connectivity index (χ0v) is 20.5. The van der Waals surface area contributed by atoms with Crippen LogP contribution in [0, 0.1) is 17.8 Å². The van der Waals surface area contributed by atoms with Gasteiger partial charge in [0.05, 0.1) is 17.7 Å². The van der Waals surface area contributed by atoms with Gasteiger partial charge in [0.1, 0.15) is 0 Å². The molecule has 0 amide bonds. The average molecular weight is 452 g/mol. The van der Waals surface area contributed by atoms with Crippen molar-refractivity contribution in [1.29, 1.82) is 0 Å². The number of para-hydroxylation sites is 1. The number of benzene rings is 4. The summed E-state index contributed by atoms with van der Waals surface area (Å²) in [6.07, 6.45) is 5.96. The largest absolute Gasteiger partial charge is 0.328 e. The maximum Gasteiger partial charge on any atom is 0.0841 e. The van der Waals surface area contributed by atoms with Crippen LogP contribution in [0.1, 0.15) is 37.5 Å². The van der Waals surface area contributed by atoms with Crippen LogP contribution in [0.4, 0.5) is 0 Å². The van der Waals surface area contributed by atoms with Gasteiger partial charge >= 0.3 is 0 Å². The molecule has 5 aromatic rings. The Morgan fingerprint density at radius 3 is 1.86 bits per heavy atom. The summed E-state index contributed by atoms with van der Waals surface area (Å²) in [6, 6.07) is 37.5. The van der Waals surface area contributed by atoms with Crippen LogP contribution in [0.2, 0.25) is 0 Å². The van der Waals surface area contributed by atoms with Crippen molar-refractivity contribution >= 4 is 10.9 Å². The zero-order chi connectivity index (χ0) is 24.2. The molecule has 1 heteroatoms. The Bertz CT molecular complexity index is 1560. The number of hydrogen-bond acceptors (Lipinski definition) is 0. The van der Waals surface area contributed by atoms with Crippen molar-refractivity contribution in [3.63, 3.8) is 0 Å². The van der Waals surface area contributed by atoms with E-state index in [0.717, 1.165) is 0 Å². The second-order valence-electron chi connectivity index (χ2n) is 10.5. The van der Waals surface area contributed by atoms with Gasteiger partial charge in [0.15, 0.2) is 0 Å². The third-order valence-corrected chi connectivity index (χ3v) is 7.72. The van der Waals surface area contributed by atoms with Crippen molar-refractivity contribution in [2.24, 2.45) is 5.41 Å². The van der Waals surface area contributed by atoms with Gasteiger partial charge in [-0.1, -0.05) is 124 Å². The molecule has 0 bridgehead atoms. The van der Waals surface area contributed by atoms with Crippen molar-refractivity contribution in [3.8, 4) is 34.7 Å². The lowest BCUT2D eigenvalue weighted by Gasteiger charge is -2.45. The molecule has 0 saturated carbocycles. The average Bonchev–Trinajstić information content (AvgIpc) is 3.36. The first-order valence-electron chi connectivity index (χ1n) is 12.3. The predicted molar refractivity (Wildman–Crippen MR) is 147 cm³/mol. The van der Waals surface area contributed by atoms with Crippen LogP contribution in [0.25, 0.3) is 33.3 Å². The Labute approximate surface area is 208 Å². The lowest BCUT2D eigenvalue weighted by molar-refractivity contribution is 0.280. The van der Waals surface area contributed by atoms with E-state index >= 15 is 0 Å². The second-order valence-corrected chi connectivity index (χ2v) is 10.5. The molecule has 0 N–H and O–H groups in total. The van der Waals surface area contributed by atoms with Crippen LogP contribution < -0.4 is 0 Å². The Morgan fingerprint density at radius 2 is 1.26 bits per heavy atom. The fourth-order valence-electron chi connectivity index (χ4n) is 6.52. The molecule has 0 radical (unpaired) electrons. The second kappa shape index (κ2) is 7.76. The fraction of sp³-hybridized carbons (Fsp3) is 0.176. The highest BCUT2D eigenvalue weighted by Gasteiger charge is 2.54. The van der Waals surface area contributed by atoms with Gasteiger partial charge < -0.3 is 4.57 Å². The molecule has 1 nitrogen and oxygen atoms in total. The molecule has 0 atom stereocenters. The minimum atomic E-state index is -0.356. The summed E-state index contributed by atoms with van der Waals surface area (Å²) in [4.78, 5) is 0. The fourth-order valence-corrected chi connectivity index (χ4v) is 6.52. The molecule has 1 aliphatic rings. The molecule has 0 saturated heterocycles. The predicted octanol–water partition coefficient (Wildman–Crippen LogP) is 8.30. The number of aromatic nitrogens is 1.